The average molecular weight is 342 g/mol. The van der Waals surface area contributed by atoms with Gasteiger partial charge in [0.1, 0.15) is 0 Å². The second-order valence-corrected chi connectivity index (χ2v) is 6.13. The third kappa shape index (κ3) is 4.90. The number of hydrogen-bond donors (Lipinski definition) is 3. The standard InChI is InChI=1S/C20H22O5/c21-18(22)17(12-11-15-7-3-1-4-8-15)20(25,19(23)24)14-13-16-9-5-2-6-10-16/h1-10,17,25H,11-14H2,(H,21,22)(H,23,24). The molecule has 5 heteroatoms. The number of carboxylic acids is 2. The highest BCUT2D eigenvalue weighted by atomic mass is 16.4. The normalized spacial score (nSPS) is 14.4. The number of aliphatic carboxylic acids is 2. The maximum atomic E-state index is 11.7. The van der Waals surface area contributed by atoms with E-state index in [0.29, 0.717) is 12.8 Å². The van der Waals surface area contributed by atoms with Crippen LogP contribution in [0.15, 0.2) is 60.7 Å². The molecular formula is C20H22O5. The van der Waals surface area contributed by atoms with E-state index in [1.54, 1.807) is 0 Å². The summed E-state index contributed by atoms with van der Waals surface area (Å²) in [6.45, 7) is 0. The SMILES string of the molecule is O=C(O)C(CCc1ccccc1)C(O)(CCc1ccccc1)C(=O)O. The van der Waals surface area contributed by atoms with E-state index in [9.17, 15) is 24.9 Å². The number of hydrogen-bond acceptors (Lipinski definition) is 3. The van der Waals surface area contributed by atoms with E-state index < -0.39 is 23.5 Å². The molecule has 0 fully saturated rings. The fourth-order valence-electron chi connectivity index (χ4n) is 2.93. The van der Waals surface area contributed by atoms with Gasteiger partial charge in [-0.1, -0.05) is 60.7 Å². The molecule has 0 amide bonds. The maximum absolute atomic E-state index is 11.7. The van der Waals surface area contributed by atoms with Gasteiger partial charge in [0, 0.05) is 0 Å². The molecular weight excluding hydrogens is 320 g/mol. The predicted octanol–water partition coefficient (Wildman–Crippen LogP) is 2.77. The summed E-state index contributed by atoms with van der Waals surface area (Å²) >= 11 is 0. The second-order valence-electron chi connectivity index (χ2n) is 6.13. The molecule has 0 aromatic heterocycles. The first kappa shape index (κ1) is 18.7. The maximum Gasteiger partial charge on any atom is 0.336 e. The molecule has 3 N–H and O–H groups in total. The molecule has 0 saturated heterocycles. The van der Waals surface area contributed by atoms with Gasteiger partial charge >= 0.3 is 11.9 Å². The summed E-state index contributed by atoms with van der Waals surface area (Å²) in [6, 6.07) is 18.3. The van der Waals surface area contributed by atoms with Crippen LogP contribution in [0.2, 0.25) is 0 Å². The number of carbonyl (C=O) groups is 2. The lowest BCUT2D eigenvalue weighted by atomic mass is 9.79. The van der Waals surface area contributed by atoms with Crippen molar-refractivity contribution in [3.05, 3.63) is 71.8 Å². The largest absolute Gasteiger partial charge is 0.481 e. The van der Waals surface area contributed by atoms with Crippen LogP contribution in [0.4, 0.5) is 0 Å². The van der Waals surface area contributed by atoms with E-state index in [0.717, 1.165) is 11.1 Å². The van der Waals surface area contributed by atoms with E-state index in [-0.39, 0.29) is 12.8 Å². The van der Waals surface area contributed by atoms with Crippen LogP contribution < -0.4 is 0 Å². The van der Waals surface area contributed by atoms with Gasteiger partial charge in [-0.05, 0) is 36.8 Å². The van der Waals surface area contributed by atoms with E-state index in [4.69, 9.17) is 0 Å². The number of carboxylic acid groups (broad SMARTS) is 2. The van der Waals surface area contributed by atoms with Crippen molar-refractivity contribution in [1.82, 2.24) is 0 Å². The average Bonchev–Trinajstić information content (AvgIpc) is 2.61. The number of aryl methyl sites for hydroxylation is 2. The summed E-state index contributed by atoms with van der Waals surface area (Å²) in [7, 11) is 0. The molecule has 0 saturated carbocycles. The Kier molecular flexibility index (Phi) is 6.31. The Balaban J connectivity index is 2.14. The van der Waals surface area contributed by atoms with Crippen LogP contribution in [-0.4, -0.2) is 32.9 Å². The molecule has 132 valence electrons. The molecule has 0 bridgehead atoms. The van der Waals surface area contributed by atoms with Crippen molar-refractivity contribution < 1.29 is 24.9 Å². The molecule has 0 heterocycles. The third-order valence-electron chi connectivity index (χ3n) is 4.45. The van der Waals surface area contributed by atoms with Crippen LogP contribution >= 0.6 is 0 Å². The van der Waals surface area contributed by atoms with Crippen molar-refractivity contribution in [2.75, 3.05) is 0 Å². The van der Waals surface area contributed by atoms with Crippen LogP contribution in [0.3, 0.4) is 0 Å². The number of benzene rings is 2. The summed E-state index contributed by atoms with van der Waals surface area (Å²) in [5.41, 5.74) is -0.546. The van der Waals surface area contributed by atoms with E-state index in [2.05, 4.69) is 0 Å². The van der Waals surface area contributed by atoms with Crippen LogP contribution in [0.5, 0.6) is 0 Å². The summed E-state index contributed by atoms with van der Waals surface area (Å²) in [6.07, 6.45) is 0.576. The first-order valence-corrected chi connectivity index (χ1v) is 8.20. The van der Waals surface area contributed by atoms with Crippen molar-refractivity contribution in [1.29, 1.82) is 0 Å². The van der Waals surface area contributed by atoms with Crippen molar-refractivity contribution >= 4 is 11.9 Å². The molecule has 0 aliphatic carbocycles. The molecule has 0 radical (unpaired) electrons. The van der Waals surface area contributed by atoms with E-state index in [1.807, 2.05) is 60.7 Å². The Bertz CT molecular complexity index is 699. The van der Waals surface area contributed by atoms with Gasteiger partial charge in [-0.25, -0.2) is 4.79 Å². The van der Waals surface area contributed by atoms with Crippen molar-refractivity contribution in [3.63, 3.8) is 0 Å². The Hall–Kier alpha value is -2.66. The quantitative estimate of drug-likeness (QED) is 0.651. The highest BCUT2D eigenvalue weighted by molar-refractivity contribution is 5.85. The zero-order valence-corrected chi connectivity index (χ0v) is 13.8. The first-order chi connectivity index (χ1) is 11.9. The molecule has 5 nitrogen and oxygen atoms in total. The van der Waals surface area contributed by atoms with Gasteiger partial charge < -0.3 is 15.3 Å². The fraction of sp³-hybridized carbons (Fsp3) is 0.300. The molecule has 0 aliphatic rings. The smallest absolute Gasteiger partial charge is 0.336 e. The molecule has 2 unspecified atom stereocenters. The third-order valence-corrected chi connectivity index (χ3v) is 4.45. The first-order valence-electron chi connectivity index (χ1n) is 8.20. The second kappa shape index (κ2) is 8.44. The highest BCUT2D eigenvalue weighted by Gasteiger charge is 2.47. The Morgan fingerprint density at radius 1 is 0.840 bits per heavy atom. The molecule has 2 aromatic carbocycles. The minimum absolute atomic E-state index is 0.0525. The van der Waals surface area contributed by atoms with Crippen molar-refractivity contribution in [2.45, 2.75) is 31.3 Å². The summed E-state index contributed by atoms with van der Waals surface area (Å²) in [5, 5.41) is 29.7. The minimum Gasteiger partial charge on any atom is -0.481 e. The zero-order valence-electron chi connectivity index (χ0n) is 13.8. The molecule has 2 atom stereocenters. The van der Waals surface area contributed by atoms with Crippen LogP contribution in [0, 0.1) is 5.92 Å². The molecule has 2 aromatic rings. The molecule has 25 heavy (non-hydrogen) atoms. The lowest BCUT2D eigenvalue weighted by Gasteiger charge is -2.30. The topological polar surface area (TPSA) is 94.8 Å². The summed E-state index contributed by atoms with van der Waals surface area (Å²) in [5.74, 6) is -4.17. The van der Waals surface area contributed by atoms with Gasteiger partial charge in [-0.15, -0.1) is 0 Å². The van der Waals surface area contributed by atoms with Gasteiger partial charge in [0.05, 0.1) is 5.92 Å². The Morgan fingerprint density at radius 3 is 1.76 bits per heavy atom. The zero-order chi connectivity index (χ0) is 18.3. The molecule has 0 spiro atoms. The van der Waals surface area contributed by atoms with Gasteiger partial charge in [0.15, 0.2) is 5.60 Å². The minimum atomic E-state index is -2.31. The summed E-state index contributed by atoms with van der Waals surface area (Å²) < 4.78 is 0. The lowest BCUT2D eigenvalue weighted by Crippen LogP contribution is -2.49. The number of aliphatic hydroxyl groups is 1. The monoisotopic (exact) mass is 342 g/mol. The predicted molar refractivity (Wildman–Crippen MR) is 93.2 cm³/mol. The Morgan fingerprint density at radius 2 is 1.32 bits per heavy atom. The van der Waals surface area contributed by atoms with Gasteiger partial charge in [-0.2, -0.15) is 0 Å². The van der Waals surface area contributed by atoms with E-state index in [1.165, 1.54) is 0 Å². The highest BCUT2D eigenvalue weighted by Crippen LogP contribution is 2.29. The van der Waals surface area contributed by atoms with Gasteiger partial charge in [-0.3, -0.25) is 4.79 Å². The molecule has 2 rings (SSSR count). The van der Waals surface area contributed by atoms with Crippen molar-refractivity contribution in [2.24, 2.45) is 5.92 Å². The van der Waals surface area contributed by atoms with Crippen LogP contribution in [0.1, 0.15) is 24.0 Å². The van der Waals surface area contributed by atoms with Crippen molar-refractivity contribution in [3.8, 4) is 0 Å². The van der Waals surface area contributed by atoms with Gasteiger partial charge in [0.25, 0.3) is 0 Å². The number of rotatable bonds is 9. The van der Waals surface area contributed by atoms with E-state index >= 15 is 0 Å². The van der Waals surface area contributed by atoms with Crippen LogP contribution in [0.25, 0.3) is 0 Å². The fourth-order valence-corrected chi connectivity index (χ4v) is 2.93. The lowest BCUT2D eigenvalue weighted by molar-refractivity contribution is -0.175. The van der Waals surface area contributed by atoms with Crippen LogP contribution in [-0.2, 0) is 22.4 Å². The molecule has 0 aliphatic heterocycles. The van der Waals surface area contributed by atoms with Gasteiger partial charge in [0.2, 0.25) is 0 Å². The Labute approximate surface area is 146 Å². The summed E-state index contributed by atoms with van der Waals surface area (Å²) in [4.78, 5) is 23.3.